The van der Waals surface area contributed by atoms with Gasteiger partial charge in [0.15, 0.2) is 5.65 Å². The van der Waals surface area contributed by atoms with Crippen molar-refractivity contribution < 1.29 is 9.53 Å². The van der Waals surface area contributed by atoms with E-state index in [1.807, 2.05) is 60.4 Å². The standard InChI is InChI=1S/C26H27ClN6O2/c1-19-7-9-22(10-8-19)35-15-3-6-24(34)31-11-13-32(14-12-31)25-23-17-30-33(26(23)29-18-28-25)21-5-2-4-20(27)16-21/h2,4-5,7-10,16-18H,3,6,11-15H2,1H3. The molecule has 5 rings (SSSR count). The van der Waals surface area contributed by atoms with Crippen LogP contribution in [-0.4, -0.2) is 63.3 Å². The smallest absolute Gasteiger partial charge is 0.222 e. The number of benzene rings is 2. The van der Waals surface area contributed by atoms with Crippen molar-refractivity contribution in [2.45, 2.75) is 19.8 Å². The number of fused-ring (bicyclic) bond motifs is 1. The second kappa shape index (κ2) is 10.3. The summed E-state index contributed by atoms with van der Waals surface area (Å²) in [5, 5.41) is 6.04. The topological polar surface area (TPSA) is 76.4 Å². The second-order valence-corrected chi connectivity index (χ2v) is 9.04. The summed E-state index contributed by atoms with van der Waals surface area (Å²) in [7, 11) is 0. The van der Waals surface area contributed by atoms with Crippen LogP contribution in [0.25, 0.3) is 16.7 Å². The molecule has 0 atom stereocenters. The highest BCUT2D eigenvalue weighted by molar-refractivity contribution is 6.30. The number of halogens is 1. The van der Waals surface area contributed by atoms with Crippen molar-refractivity contribution in [1.82, 2.24) is 24.6 Å². The minimum atomic E-state index is 0.166. The molecule has 0 spiro atoms. The normalized spacial score (nSPS) is 13.9. The summed E-state index contributed by atoms with van der Waals surface area (Å²) >= 11 is 6.16. The van der Waals surface area contributed by atoms with Crippen LogP contribution in [0.2, 0.25) is 5.02 Å². The maximum atomic E-state index is 12.7. The fraction of sp³-hybridized carbons (Fsp3) is 0.308. The van der Waals surface area contributed by atoms with Gasteiger partial charge in [0.05, 0.1) is 23.9 Å². The first-order valence-electron chi connectivity index (χ1n) is 11.8. The Morgan fingerprint density at radius 3 is 2.63 bits per heavy atom. The van der Waals surface area contributed by atoms with E-state index in [4.69, 9.17) is 16.3 Å². The van der Waals surface area contributed by atoms with Crippen LogP contribution in [0.1, 0.15) is 18.4 Å². The molecule has 0 radical (unpaired) electrons. The predicted octanol–water partition coefficient (Wildman–Crippen LogP) is 4.29. The Bertz CT molecular complexity index is 1320. The first kappa shape index (κ1) is 23.1. The molecule has 0 saturated carbocycles. The van der Waals surface area contributed by atoms with Crippen LogP contribution in [0.3, 0.4) is 0 Å². The monoisotopic (exact) mass is 490 g/mol. The van der Waals surface area contributed by atoms with Gasteiger partial charge in [0, 0.05) is 37.6 Å². The van der Waals surface area contributed by atoms with Gasteiger partial charge in [-0.1, -0.05) is 35.4 Å². The van der Waals surface area contributed by atoms with E-state index in [1.165, 1.54) is 5.56 Å². The number of amides is 1. The molecule has 0 bridgehead atoms. The lowest BCUT2D eigenvalue weighted by Gasteiger charge is -2.35. The number of hydrogen-bond donors (Lipinski definition) is 0. The molecule has 1 aliphatic rings. The van der Waals surface area contributed by atoms with E-state index in [2.05, 4.69) is 20.0 Å². The van der Waals surface area contributed by atoms with Crippen molar-refractivity contribution in [2.24, 2.45) is 0 Å². The number of ether oxygens (including phenoxy) is 1. The van der Waals surface area contributed by atoms with E-state index < -0.39 is 0 Å². The number of rotatable bonds is 7. The second-order valence-electron chi connectivity index (χ2n) is 8.60. The van der Waals surface area contributed by atoms with Crippen LogP contribution in [0, 0.1) is 6.92 Å². The summed E-state index contributed by atoms with van der Waals surface area (Å²) < 4.78 is 7.52. The van der Waals surface area contributed by atoms with Gasteiger partial charge in [0.1, 0.15) is 17.9 Å². The minimum Gasteiger partial charge on any atom is -0.494 e. The summed E-state index contributed by atoms with van der Waals surface area (Å²) in [6.07, 6.45) is 4.53. The SMILES string of the molecule is Cc1ccc(OCCCC(=O)N2CCN(c3ncnc4c3cnn4-c3cccc(Cl)c3)CC2)cc1. The van der Waals surface area contributed by atoms with Crippen LogP contribution >= 0.6 is 11.6 Å². The highest BCUT2D eigenvalue weighted by atomic mass is 35.5. The summed E-state index contributed by atoms with van der Waals surface area (Å²) in [6.45, 7) is 5.31. The van der Waals surface area contributed by atoms with Gasteiger partial charge in [0.25, 0.3) is 0 Å². The fourth-order valence-corrected chi connectivity index (χ4v) is 4.44. The molecule has 0 N–H and O–H groups in total. The number of carbonyl (C=O) groups is 1. The quantitative estimate of drug-likeness (QED) is 0.360. The zero-order valence-corrected chi connectivity index (χ0v) is 20.4. The van der Waals surface area contributed by atoms with Gasteiger partial charge in [-0.2, -0.15) is 5.10 Å². The average Bonchev–Trinajstić information content (AvgIpc) is 3.32. The molecule has 1 fully saturated rings. The number of piperazine rings is 1. The van der Waals surface area contributed by atoms with Gasteiger partial charge in [-0.15, -0.1) is 0 Å². The Labute approximate surface area is 209 Å². The van der Waals surface area contributed by atoms with E-state index in [0.717, 1.165) is 28.3 Å². The van der Waals surface area contributed by atoms with Gasteiger partial charge in [-0.25, -0.2) is 14.6 Å². The molecule has 1 aliphatic heterocycles. The first-order chi connectivity index (χ1) is 17.1. The average molecular weight is 491 g/mol. The third kappa shape index (κ3) is 5.22. The molecule has 0 unspecified atom stereocenters. The van der Waals surface area contributed by atoms with Crippen LogP contribution in [0.4, 0.5) is 5.82 Å². The molecular formula is C26H27ClN6O2. The predicted molar refractivity (Wildman–Crippen MR) is 136 cm³/mol. The zero-order valence-electron chi connectivity index (χ0n) is 19.6. The van der Waals surface area contributed by atoms with E-state index in [1.54, 1.807) is 17.2 Å². The number of anilines is 1. The number of hydrogen-bond acceptors (Lipinski definition) is 6. The summed E-state index contributed by atoms with van der Waals surface area (Å²) in [4.78, 5) is 25.8. The van der Waals surface area contributed by atoms with E-state index in [0.29, 0.717) is 50.7 Å². The Morgan fingerprint density at radius 2 is 1.86 bits per heavy atom. The Hall–Kier alpha value is -3.65. The molecule has 0 aliphatic carbocycles. The summed E-state index contributed by atoms with van der Waals surface area (Å²) in [5.74, 6) is 1.84. The molecule has 3 heterocycles. The van der Waals surface area contributed by atoms with Crippen molar-refractivity contribution in [2.75, 3.05) is 37.7 Å². The number of aryl methyl sites for hydroxylation is 1. The van der Waals surface area contributed by atoms with Crippen LogP contribution < -0.4 is 9.64 Å². The van der Waals surface area contributed by atoms with Gasteiger partial charge in [0.2, 0.25) is 5.91 Å². The number of aromatic nitrogens is 4. The molecule has 180 valence electrons. The number of carbonyl (C=O) groups excluding carboxylic acids is 1. The Kier molecular flexibility index (Phi) is 6.81. The lowest BCUT2D eigenvalue weighted by atomic mass is 10.2. The highest BCUT2D eigenvalue weighted by Crippen LogP contribution is 2.26. The molecule has 4 aromatic rings. The molecule has 8 nitrogen and oxygen atoms in total. The number of nitrogens with zero attached hydrogens (tertiary/aromatic N) is 6. The molecule has 1 amide bonds. The zero-order chi connectivity index (χ0) is 24.2. The van der Waals surface area contributed by atoms with Crippen molar-refractivity contribution in [3.63, 3.8) is 0 Å². The maximum absolute atomic E-state index is 12.7. The van der Waals surface area contributed by atoms with E-state index in [-0.39, 0.29) is 5.91 Å². The lowest BCUT2D eigenvalue weighted by Crippen LogP contribution is -2.49. The molecule has 1 saturated heterocycles. The van der Waals surface area contributed by atoms with Crippen molar-refractivity contribution >= 4 is 34.4 Å². The van der Waals surface area contributed by atoms with E-state index in [9.17, 15) is 4.79 Å². The van der Waals surface area contributed by atoms with Crippen molar-refractivity contribution in [1.29, 1.82) is 0 Å². The Balaban J connectivity index is 1.17. The fourth-order valence-electron chi connectivity index (χ4n) is 4.25. The summed E-state index contributed by atoms with van der Waals surface area (Å²) in [5.41, 5.74) is 2.77. The summed E-state index contributed by atoms with van der Waals surface area (Å²) in [6, 6.07) is 15.5. The van der Waals surface area contributed by atoms with Gasteiger partial charge < -0.3 is 14.5 Å². The lowest BCUT2D eigenvalue weighted by molar-refractivity contribution is -0.131. The van der Waals surface area contributed by atoms with Crippen LogP contribution in [0.5, 0.6) is 5.75 Å². The maximum Gasteiger partial charge on any atom is 0.222 e. The first-order valence-corrected chi connectivity index (χ1v) is 12.1. The molecule has 2 aromatic carbocycles. The molecule has 9 heteroatoms. The van der Waals surface area contributed by atoms with Gasteiger partial charge in [-0.05, 0) is 43.7 Å². The third-order valence-electron chi connectivity index (χ3n) is 6.15. The van der Waals surface area contributed by atoms with Crippen molar-refractivity contribution in [3.8, 4) is 11.4 Å². The molecule has 2 aromatic heterocycles. The van der Waals surface area contributed by atoms with E-state index >= 15 is 0 Å². The third-order valence-corrected chi connectivity index (χ3v) is 6.39. The Morgan fingerprint density at radius 1 is 1.06 bits per heavy atom. The largest absolute Gasteiger partial charge is 0.494 e. The van der Waals surface area contributed by atoms with Crippen LogP contribution in [0.15, 0.2) is 61.1 Å². The van der Waals surface area contributed by atoms with Crippen LogP contribution in [-0.2, 0) is 4.79 Å². The molecule has 35 heavy (non-hydrogen) atoms. The van der Waals surface area contributed by atoms with Crippen molar-refractivity contribution in [3.05, 3.63) is 71.6 Å². The minimum absolute atomic E-state index is 0.166. The molecular weight excluding hydrogens is 464 g/mol. The highest BCUT2D eigenvalue weighted by Gasteiger charge is 2.24. The van der Waals surface area contributed by atoms with Gasteiger partial charge >= 0.3 is 0 Å². The van der Waals surface area contributed by atoms with Gasteiger partial charge in [-0.3, -0.25) is 4.79 Å².